The number of carbonyl (C=O) groups excluding carboxylic acids is 1. The Kier molecular flexibility index (Phi) is 5.77. The molecule has 0 saturated heterocycles. The van der Waals surface area contributed by atoms with Gasteiger partial charge in [-0.1, -0.05) is 23.8 Å². The van der Waals surface area contributed by atoms with Crippen molar-refractivity contribution >= 4 is 6.09 Å². The zero-order valence-electron chi connectivity index (χ0n) is 14.1. The Morgan fingerprint density at radius 3 is 2.52 bits per heavy atom. The van der Waals surface area contributed by atoms with E-state index in [0.29, 0.717) is 19.6 Å². The Hall–Kier alpha value is -1.88. The van der Waals surface area contributed by atoms with Crippen LogP contribution in [0.2, 0.25) is 0 Å². The van der Waals surface area contributed by atoms with Gasteiger partial charge in [0, 0.05) is 26.2 Å². The number of nitrogens with zero attached hydrogens (tertiary/aromatic N) is 1. The summed E-state index contributed by atoms with van der Waals surface area (Å²) in [6.07, 6.45) is 2.66. The fourth-order valence-corrected chi connectivity index (χ4v) is 2.33. The van der Waals surface area contributed by atoms with Crippen molar-refractivity contribution in [3.63, 3.8) is 0 Å². The van der Waals surface area contributed by atoms with Gasteiger partial charge in [-0.3, -0.25) is 0 Å². The van der Waals surface area contributed by atoms with Gasteiger partial charge in [-0.05, 0) is 44.9 Å². The SMILES string of the molecule is CC(C)(C)OC(=O)N1CC=C(CNCc2ccc(F)cc2)CC1. The Labute approximate surface area is 137 Å². The summed E-state index contributed by atoms with van der Waals surface area (Å²) in [5.74, 6) is -0.217. The molecule has 0 radical (unpaired) electrons. The van der Waals surface area contributed by atoms with E-state index >= 15 is 0 Å². The van der Waals surface area contributed by atoms with E-state index in [1.165, 1.54) is 17.7 Å². The van der Waals surface area contributed by atoms with Gasteiger partial charge in [0.2, 0.25) is 0 Å². The molecule has 0 spiro atoms. The maximum Gasteiger partial charge on any atom is 0.410 e. The summed E-state index contributed by atoms with van der Waals surface area (Å²) in [6.45, 7) is 8.36. The van der Waals surface area contributed by atoms with Crippen molar-refractivity contribution in [3.8, 4) is 0 Å². The van der Waals surface area contributed by atoms with Crippen molar-refractivity contribution in [2.75, 3.05) is 19.6 Å². The van der Waals surface area contributed by atoms with E-state index in [0.717, 1.165) is 18.5 Å². The van der Waals surface area contributed by atoms with Crippen LogP contribution in [0.25, 0.3) is 0 Å². The average Bonchev–Trinajstić information content (AvgIpc) is 2.48. The van der Waals surface area contributed by atoms with E-state index < -0.39 is 5.60 Å². The summed E-state index contributed by atoms with van der Waals surface area (Å²) in [4.78, 5) is 13.7. The summed E-state index contributed by atoms with van der Waals surface area (Å²) >= 11 is 0. The molecule has 1 aromatic carbocycles. The second kappa shape index (κ2) is 7.59. The lowest BCUT2D eigenvalue weighted by molar-refractivity contribution is 0.0265. The van der Waals surface area contributed by atoms with Crippen LogP contribution in [0.5, 0.6) is 0 Å². The van der Waals surface area contributed by atoms with E-state index in [2.05, 4.69) is 11.4 Å². The van der Waals surface area contributed by atoms with Crippen LogP contribution < -0.4 is 5.32 Å². The maximum absolute atomic E-state index is 12.8. The molecule has 126 valence electrons. The standard InChI is InChI=1S/C18H25FN2O2/c1-18(2,3)23-17(22)21-10-8-15(9-11-21)13-20-12-14-4-6-16(19)7-5-14/h4-8,20H,9-13H2,1-3H3. The summed E-state index contributed by atoms with van der Waals surface area (Å²) < 4.78 is 18.2. The predicted octanol–water partition coefficient (Wildman–Crippen LogP) is 3.48. The number of benzene rings is 1. The second-order valence-electron chi connectivity index (χ2n) is 6.77. The highest BCUT2D eigenvalue weighted by molar-refractivity contribution is 5.68. The van der Waals surface area contributed by atoms with Gasteiger partial charge in [0.15, 0.2) is 0 Å². The van der Waals surface area contributed by atoms with E-state index in [4.69, 9.17) is 4.74 Å². The first-order valence-corrected chi connectivity index (χ1v) is 7.94. The van der Waals surface area contributed by atoms with Crippen molar-refractivity contribution in [1.82, 2.24) is 10.2 Å². The first-order chi connectivity index (χ1) is 10.8. The summed E-state index contributed by atoms with van der Waals surface area (Å²) in [7, 11) is 0. The minimum atomic E-state index is -0.461. The van der Waals surface area contributed by atoms with E-state index in [1.54, 1.807) is 17.0 Å². The summed E-state index contributed by atoms with van der Waals surface area (Å²) in [5, 5.41) is 3.35. The van der Waals surface area contributed by atoms with Crippen LogP contribution in [0.1, 0.15) is 32.8 Å². The lowest BCUT2D eigenvalue weighted by Crippen LogP contribution is -2.39. The third kappa shape index (κ3) is 6.02. The number of hydrogen-bond acceptors (Lipinski definition) is 3. The number of amides is 1. The van der Waals surface area contributed by atoms with Crippen molar-refractivity contribution in [1.29, 1.82) is 0 Å². The molecule has 1 aromatic rings. The summed E-state index contributed by atoms with van der Waals surface area (Å²) in [5.41, 5.74) is 1.88. The molecule has 0 aliphatic carbocycles. The zero-order chi connectivity index (χ0) is 16.9. The number of ether oxygens (including phenoxy) is 1. The number of rotatable bonds is 4. The number of halogens is 1. The van der Waals surface area contributed by atoms with E-state index in [-0.39, 0.29) is 11.9 Å². The molecule has 5 heteroatoms. The largest absolute Gasteiger partial charge is 0.444 e. The van der Waals surface area contributed by atoms with Crippen molar-refractivity contribution in [2.45, 2.75) is 39.3 Å². The fourth-order valence-electron chi connectivity index (χ4n) is 2.33. The molecule has 0 unspecified atom stereocenters. The molecule has 0 atom stereocenters. The van der Waals surface area contributed by atoms with Gasteiger partial charge in [-0.2, -0.15) is 0 Å². The first-order valence-electron chi connectivity index (χ1n) is 7.94. The van der Waals surface area contributed by atoms with E-state index in [1.807, 2.05) is 20.8 Å². The van der Waals surface area contributed by atoms with Crippen LogP contribution in [0.3, 0.4) is 0 Å². The molecule has 0 fully saturated rings. The molecule has 23 heavy (non-hydrogen) atoms. The molecule has 1 N–H and O–H groups in total. The minimum Gasteiger partial charge on any atom is -0.444 e. The molecule has 1 aliphatic rings. The molecule has 0 bridgehead atoms. The van der Waals surface area contributed by atoms with Gasteiger partial charge in [-0.25, -0.2) is 9.18 Å². The Balaban J connectivity index is 1.74. The quantitative estimate of drug-likeness (QED) is 0.864. The van der Waals surface area contributed by atoms with Gasteiger partial charge < -0.3 is 15.0 Å². The Morgan fingerprint density at radius 2 is 1.96 bits per heavy atom. The molecule has 1 heterocycles. The predicted molar refractivity (Wildman–Crippen MR) is 88.6 cm³/mol. The van der Waals surface area contributed by atoms with Crippen LogP contribution in [0, 0.1) is 5.82 Å². The highest BCUT2D eigenvalue weighted by Gasteiger charge is 2.23. The van der Waals surface area contributed by atoms with Gasteiger partial charge >= 0.3 is 6.09 Å². The van der Waals surface area contributed by atoms with Crippen LogP contribution in [0.15, 0.2) is 35.9 Å². The molecule has 4 nitrogen and oxygen atoms in total. The van der Waals surface area contributed by atoms with Crippen molar-refractivity contribution in [2.24, 2.45) is 0 Å². The number of hydrogen-bond donors (Lipinski definition) is 1. The molecule has 2 rings (SSSR count). The molecule has 0 saturated carbocycles. The third-order valence-corrected chi connectivity index (χ3v) is 3.55. The number of nitrogens with one attached hydrogen (secondary N) is 1. The maximum atomic E-state index is 12.8. The zero-order valence-corrected chi connectivity index (χ0v) is 14.1. The molecular weight excluding hydrogens is 295 g/mol. The van der Waals surface area contributed by atoms with Gasteiger partial charge in [-0.15, -0.1) is 0 Å². The van der Waals surface area contributed by atoms with Gasteiger partial charge in [0.25, 0.3) is 0 Å². The minimum absolute atomic E-state index is 0.217. The van der Waals surface area contributed by atoms with Crippen LogP contribution in [0.4, 0.5) is 9.18 Å². The fraction of sp³-hybridized carbons (Fsp3) is 0.500. The third-order valence-electron chi connectivity index (χ3n) is 3.55. The second-order valence-corrected chi connectivity index (χ2v) is 6.77. The van der Waals surface area contributed by atoms with Crippen LogP contribution >= 0.6 is 0 Å². The molecule has 0 aromatic heterocycles. The Morgan fingerprint density at radius 1 is 1.26 bits per heavy atom. The van der Waals surface area contributed by atoms with Crippen LogP contribution in [-0.4, -0.2) is 36.2 Å². The van der Waals surface area contributed by atoms with Gasteiger partial charge in [0.1, 0.15) is 11.4 Å². The normalized spacial score (nSPS) is 15.3. The topological polar surface area (TPSA) is 41.6 Å². The lowest BCUT2D eigenvalue weighted by atomic mass is 10.1. The van der Waals surface area contributed by atoms with Crippen molar-refractivity contribution in [3.05, 3.63) is 47.3 Å². The molecule has 1 amide bonds. The monoisotopic (exact) mass is 320 g/mol. The number of carbonyl (C=O) groups is 1. The lowest BCUT2D eigenvalue weighted by Gasteiger charge is -2.29. The average molecular weight is 320 g/mol. The first kappa shape index (κ1) is 17.5. The van der Waals surface area contributed by atoms with Crippen molar-refractivity contribution < 1.29 is 13.9 Å². The highest BCUT2D eigenvalue weighted by Crippen LogP contribution is 2.15. The van der Waals surface area contributed by atoms with Gasteiger partial charge in [0.05, 0.1) is 0 Å². The van der Waals surface area contributed by atoms with Crippen LogP contribution in [-0.2, 0) is 11.3 Å². The smallest absolute Gasteiger partial charge is 0.410 e. The summed E-state index contributed by atoms with van der Waals surface area (Å²) in [6, 6.07) is 6.49. The molecule has 1 aliphatic heterocycles. The Bertz CT molecular complexity index is 561. The van der Waals surface area contributed by atoms with E-state index in [9.17, 15) is 9.18 Å². The highest BCUT2D eigenvalue weighted by atomic mass is 19.1. The molecular formula is C18H25FN2O2.